The zero-order chi connectivity index (χ0) is 19.3. The van der Waals surface area contributed by atoms with Crippen LogP contribution in [0.15, 0.2) is 30.3 Å². The third kappa shape index (κ3) is 2.43. The maximum absolute atomic E-state index is 13.3. The van der Waals surface area contributed by atoms with Gasteiger partial charge in [-0.3, -0.25) is 9.69 Å². The molecule has 1 amide bonds. The van der Waals surface area contributed by atoms with E-state index in [1.54, 1.807) is 0 Å². The molecule has 1 N–H and O–H groups in total. The summed E-state index contributed by atoms with van der Waals surface area (Å²) in [6, 6.07) is 9.08. The number of piperidine rings is 1. The highest BCUT2D eigenvalue weighted by atomic mass is 16.2. The van der Waals surface area contributed by atoms with E-state index in [0.29, 0.717) is 6.04 Å². The fourth-order valence-electron chi connectivity index (χ4n) is 5.91. The summed E-state index contributed by atoms with van der Waals surface area (Å²) in [5, 5.41) is 4.53. The number of hydrogen-bond donors (Lipinski definition) is 1. The average molecular weight is 378 g/mol. The first-order valence-corrected chi connectivity index (χ1v) is 11.1. The smallest absolute Gasteiger partial charge is 0.267 e. The van der Waals surface area contributed by atoms with Crippen LogP contribution in [0, 0.1) is 5.41 Å². The molecule has 0 bridgehead atoms. The van der Waals surface area contributed by atoms with Gasteiger partial charge in [0.05, 0.1) is 11.6 Å². The first kappa shape index (κ1) is 18.0. The lowest BCUT2D eigenvalue weighted by Crippen LogP contribution is -2.51. The lowest BCUT2D eigenvalue weighted by molar-refractivity contribution is -0.116. The number of nitrogens with one attached hydrogen (secondary N) is 1. The van der Waals surface area contributed by atoms with Crippen LogP contribution >= 0.6 is 0 Å². The molecule has 3 aliphatic heterocycles. The second-order valence-corrected chi connectivity index (χ2v) is 8.73. The van der Waals surface area contributed by atoms with Crippen molar-refractivity contribution >= 4 is 22.5 Å². The number of amides is 1. The number of para-hydroxylation sites is 1. The first-order valence-electron chi connectivity index (χ1n) is 11.1. The monoisotopic (exact) mass is 377 g/mol. The van der Waals surface area contributed by atoms with Crippen LogP contribution in [-0.4, -0.2) is 35.0 Å². The number of rotatable bonds is 5. The van der Waals surface area contributed by atoms with Crippen LogP contribution < -0.4 is 5.32 Å². The van der Waals surface area contributed by atoms with Crippen molar-refractivity contribution in [2.75, 3.05) is 19.6 Å². The van der Waals surface area contributed by atoms with Crippen LogP contribution in [0.4, 0.5) is 0 Å². The van der Waals surface area contributed by atoms with Gasteiger partial charge >= 0.3 is 0 Å². The van der Waals surface area contributed by atoms with E-state index in [0.717, 1.165) is 44.5 Å². The second-order valence-electron chi connectivity index (χ2n) is 8.73. The highest BCUT2D eigenvalue weighted by molar-refractivity contribution is 6.16. The SMILES string of the molecule is CCCCNC(=O)C1=C[C@]2(CC)CCCN3CCc4c(n1c1ccccc41)[C@@H]32. The minimum Gasteiger partial charge on any atom is -0.351 e. The van der Waals surface area contributed by atoms with Crippen molar-refractivity contribution in [2.24, 2.45) is 5.41 Å². The van der Waals surface area contributed by atoms with Crippen LogP contribution in [0.1, 0.15) is 63.3 Å². The van der Waals surface area contributed by atoms with E-state index in [2.05, 4.69) is 59.0 Å². The molecular weight excluding hydrogens is 346 g/mol. The molecule has 1 fully saturated rings. The Bertz CT molecular complexity index is 956. The van der Waals surface area contributed by atoms with Crippen LogP contribution in [-0.2, 0) is 11.2 Å². The van der Waals surface area contributed by atoms with Crippen molar-refractivity contribution in [3.05, 3.63) is 41.6 Å². The lowest BCUT2D eigenvalue weighted by atomic mass is 9.66. The first-order chi connectivity index (χ1) is 13.7. The molecule has 0 spiro atoms. The highest BCUT2D eigenvalue weighted by Crippen LogP contribution is 2.56. The molecule has 0 unspecified atom stereocenters. The molecule has 5 rings (SSSR count). The maximum atomic E-state index is 13.3. The zero-order valence-electron chi connectivity index (χ0n) is 17.1. The molecule has 4 heteroatoms. The highest BCUT2D eigenvalue weighted by Gasteiger charge is 2.50. The summed E-state index contributed by atoms with van der Waals surface area (Å²) in [5.74, 6) is 0.0889. The Labute approximate surface area is 167 Å². The predicted molar refractivity (Wildman–Crippen MR) is 114 cm³/mol. The van der Waals surface area contributed by atoms with Gasteiger partial charge in [0.15, 0.2) is 0 Å². The molecule has 28 heavy (non-hydrogen) atoms. The lowest BCUT2D eigenvalue weighted by Gasteiger charge is -2.53. The van der Waals surface area contributed by atoms with Gasteiger partial charge in [-0.25, -0.2) is 0 Å². The van der Waals surface area contributed by atoms with E-state index in [1.807, 2.05) is 0 Å². The van der Waals surface area contributed by atoms with Gasteiger partial charge in [0.25, 0.3) is 5.91 Å². The summed E-state index contributed by atoms with van der Waals surface area (Å²) >= 11 is 0. The predicted octanol–water partition coefficient (Wildman–Crippen LogP) is 4.50. The van der Waals surface area contributed by atoms with Crippen LogP contribution in [0.2, 0.25) is 0 Å². The standard InChI is InChI=1S/C24H31N3O/c1-3-5-13-25-23(28)20-16-24(4-2)12-8-14-26-15-11-18-17-9-6-7-10-19(17)27(20)21(18)22(24)26/h6-7,9-10,16,22H,3-5,8,11-15H2,1-2H3,(H,25,28)/t22-,24+/m1/s1. The van der Waals surface area contributed by atoms with E-state index >= 15 is 0 Å². The van der Waals surface area contributed by atoms with Gasteiger partial charge in [0, 0.05) is 29.6 Å². The van der Waals surface area contributed by atoms with Crippen LogP contribution in [0.5, 0.6) is 0 Å². The molecule has 0 radical (unpaired) electrons. The Morgan fingerprint density at radius 2 is 2.11 bits per heavy atom. The summed E-state index contributed by atoms with van der Waals surface area (Å²) in [6.45, 7) is 7.54. The van der Waals surface area contributed by atoms with Gasteiger partial charge in [-0.1, -0.05) is 38.5 Å². The number of fused-ring (bicyclic) bond motifs is 3. The number of hydrogen-bond acceptors (Lipinski definition) is 2. The van der Waals surface area contributed by atoms with Crippen molar-refractivity contribution in [3.63, 3.8) is 0 Å². The van der Waals surface area contributed by atoms with Crippen molar-refractivity contribution in [2.45, 2.75) is 58.4 Å². The number of carbonyl (C=O) groups excluding carboxylic acids is 1. The van der Waals surface area contributed by atoms with E-state index in [1.165, 1.54) is 41.5 Å². The van der Waals surface area contributed by atoms with Crippen molar-refractivity contribution in [3.8, 4) is 0 Å². The van der Waals surface area contributed by atoms with Crippen molar-refractivity contribution in [1.29, 1.82) is 0 Å². The van der Waals surface area contributed by atoms with Gasteiger partial charge in [0.1, 0.15) is 5.70 Å². The Kier molecular flexibility index (Phi) is 4.35. The Morgan fingerprint density at radius 1 is 1.25 bits per heavy atom. The third-order valence-corrected chi connectivity index (χ3v) is 7.30. The molecule has 148 valence electrons. The second kappa shape index (κ2) is 6.77. The molecule has 0 saturated carbocycles. The Morgan fingerprint density at radius 3 is 2.93 bits per heavy atom. The van der Waals surface area contributed by atoms with E-state index in [4.69, 9.17) is 0 Å². The topological polar surface area (TPSA) is 37.3 Å². The molecular formula is C24H31N3O. The largest absolute Gasteiger partial charge is 0.351 e. The number of unbranched alkanes of at least 4 members (excludes halogenated alkanes) is 1. The van der Waals surface area contributed by atoms with E-state index in [9.17, 15) is 4.79 Å². The van der Waals surface area contributed by atoms with E-state index in [-0.39, 0.29) is 11.3 Å². The minimum absolute atomic E-state index is 0.0786. The number of aromatic nitrogens is 1. The van der Waals surface area contributed by atoms with Gasteiger partial charge in [-0.15, -0.1) is 0 Å². The molecule has 0 aliphatic carbocycles. The summed E-state index contributed by atoms with van der Waals surface area (Å²) in [4.78, 5) is 16.0. The third-order valence-electron chi connectivity index (χ3n) is 7.30. The molecule has 3 aliphatic rings. The fraction of sp³-hybridized carbons (Fsp3) is 0.542. The van der Waals surface area contributed by atoms with Gasteiger partial charge < -0.3 is 9.88 Å². The Hall–Kier alpha value is -2.07. The molecule has 4 heterocycles. The molecule has 2 aromatic rings. The summed E-state index contributed by atoms with van der Waals surface area (Å²) < 4.78 is 2.31. The number of benzene rings is 1. The summed E-state index contributed by atoms with van der Waals surface area (Å²) in [7, 11) is 0. The van der Waals surface area contributed by atoms with Gasteiger partial charge in [0.2, 0.25) is 0 Å². The van der Waals surface area contributed by atoms with E-state index < -0.39 is 0 Å². The number of nitrogens with zero attached hydrogens (tertiary/aromatic N) is 2. The van der Waals surface area contributed by atoms with Crippen LogP contribution in [0.25, 0.3) is 16.6 Å². The van der Waals surface area contributed by atoms with Crippen molar-refractivity contribution < 1.29 is 4.79 Å². The molecule has 1 aromatic heterocycles. The summed E-state index contributed by atoms with van der Waals surface area (Å²) in [5.41, 5.74) is 5.01. The fourth-order valence-corrected chi connectivity index (χ4v) is 5.91. The normalized spacial score (nSPS) is 26.1. The Balaban J connectivity index is 1.73. The van der Waals surface area contributed by atoms with Crippen LogP contribution in [0.3, 0.4) is 0 Å². The van der Waals surface area contributed by atoms with Gasteiger partial charge in [-0.2, -0.15) is 0 Å². The zero-order valence-corrected chi connectivity index (χ0v) is 17.1. The molecule has 4 nitrogen and oxygen atoms in total. The molecule has 2 atom stereocenters. The van der Waals surface area contributed by atoms with Gasteiger partial charge in [-0.05, 0) is 56.4 Å². The molecule has 1 saturated heterocycles. The quantitative estimate of drug-likeness (QED) is 0.779. The minimum atomic E-state index is 0.0786. The number of carbonyl (C=O) groups is 1. The maximum Gasteiger partial charge on any atom is 0.267 e. The molecule has 1 aromatic carbocycles. The average Bonchev–Trinajstić information content (AvgIpc) is 3.07. The summed E-state index contributed by atoms with van der Waals surface area (Å²) in [6.07, 6.45) is 9.04. The van der Waals surface area contributed by atoms with Crippen molar-refractivity contribution in [1.82, 2.24) is 14.8 Å².